The molecule has 0 N–H and O–H groups in total. The van der Waals surface area contributed by atoms with Gasteiger partial charge in [-0.3, -0.25) is 0 Å². The molecule has 0 aliphatic heterocycles. The molecule has 0 bridgehead atoms. The maximum atomic E-state index is 5.66. The lowest BCUT2D eigenvalue weighted by atomic mass is 10.1. The van der Waals surface area contributed by atoms with E-state index in [1.165, 1.54) is 12.8 Å². The normalized spacial score (nSPS) is 31.6. The van der Waals surface area contributed by atoms with Crippen LogP contribution in [0.3, 0.4) is 0 Å². The topological polar surface area (TPSA) is 9.23 Å². The van der Waals surface area contributed by atoms with E-state index in [2.05, 4.69) is 27.2 Å². The summed E-state index contributed by atoms with van der Waals surface area (Å²) in [4.78, 5) is 0. The predicted octanol–water partition coefficient (Wildman–Crippen LogP) is 2.62. The number of rotatable bonds is 3. The summed E-state index contributed by atoms with van der Waals surface area (Å²) in [6.45, 7) is 8.08. The van der Waals surface area contributed by atoms with Crippen LogP contribution in [0.15, 0.2) is 0 Å². The van der Waals surface area contributed by atoms with Crippen LogP contribution in [0.1, 0.15) is 33.1 Å². The second-order valence-electron chi connectivity index (χ2n) is 3.59. The molecule has 0 heterocycles. The van der Waals surface area contributed by atoms with Crippen LogP contribution in [-0.2, 0) is 4.74 Å². The van der Waals surface area contributed by atoms with Gasteiger partial charge in [0.25, 0.3) is 0 Å². The summed E-state index contributed by atoms with van der Waals surface area (Å²) in [5, 5.41) is 0. The quantitative estimate of drug-likeness (QED) is 0.607. The number of hydrogen-bond acceptors (Lipinski definition) is 1. The lowest BCUT2D eigenvalue weighted by Gasteiger charge is -2.14. The minimum absolute atomic E-state index is 0.361. The van der Waals surface area contributed by atoms with Crippen molar-refractivity contribution in [2.24, 2.45) is 5.92 Å². The van der Waals surface area contributed by atoms with E-state index < -0.39 is 0 Å². The van der Waals surface area contributed by atoms with Crippen molar-refractivity contribution in [1.82, 2.24) is 0 Å². The maximum absolute atomic E-state index is 5.66. The minimum Gasteiger partial charge on any atom is -0.375 e. The molecule has 64 valence electrons. The van der Waals surface area contributed by atoms with Gasteiger partial charge in [-0.15, -0.1) is 0 Å². The van der Waals surface area contributed by atoms with Crippen LogP contribution in [0.2, 0.25) is 0 Å². The van der Waals surface area contributed by atoms with Crippen molar-refractivity contribution >= 4 is 0 Å². The van der Waals surface area contributed by atoms with Crippen LogP contribution >= 0.6 is 0 Å². The molecule has 1 aliphatic rings. The van der Waals surface area contributed by atoms with Crippen molar-refractivity contribution in [2.75, 3.05) is 0 Å². The second kappa shape index (κ2) is 4.10. The zero-order valence-electron chi connectivity index (χ0n) is 7.55. The highest BCUT2D eigenvalue weighted by atomic mass is 16.5. The standard InChI is InChI=1S/C10H18O/c1-4-9-5-6-10(7-9)11-8(2)3/h6,8-10H,1,4-5,7H2,2-3H3. The fourth-order valence-electron chi connectivity index (χ4n) is 1.56. The van der Waals surface area contributed by atoms with Crippen molar-refractivity contribution in [3.05, 3.63) is 13.3 Å². The summed E-state index contributed by atoms with van der Waals surface area (Å²) < 4.78 is 5.66. The molecule has 2 radical (unpaired) electrons. The van der Waals surface area contributed by atoms with Crippen LogP contribution in [0.25, 0.3) is 0 Å². The van der Waals surface area contributed by atoms with Crippen molar-refractivity contribution in [2.45, 2.75) is 45.3 Å². The largest absolute Gasteiger partial charge is 0.375 e. The van der Waals surface area contributed by atoms with E-state index in [9.17, 15) is 0 Å². The summed E-state index contributed by atoms with van der Waals surface area (Å²) in [6, 6.07) is 0. The molecular weight excluding hydrogens is 136 g/mol. The Morgan fingerprint density at radius 1 is 1.64 bits per heavy atom. The Hall–Kier alpha value is -0.0400. The van der Waals surface area contributed by atoms with Crippen LogP contribution in [0, 0.1) is 19.3 Å². The first-order chi connectivity index (χ1) is 5.22. The molecule has 0 saturated heterocycles. The highest BCUT2D eigenvalue weighted by Gasteiger charge is 2.24. The average Bonchev–Trinajstić information content (AvgIpc) is 2.34. The third-order valence-corrected chi connectivity index (χ3v) is 2.15. The Morgan fingerprint density at radius 3 is 2.82 bits per heavy atom. The zero-order chi connectivity index (χ0) is 8.27. The molecule has 11 heavy (non-hydrogen) atoms. The molecule has 0 amide bonds. The van der Waals surface area contributed by atoms with Crippen molar-refractivity contribution in [3.8, 4) is 0 Å². The van der Waals surface area contributed by atoms with E-state index in [4.69, 9.17) is 4.74 Å². The number of hydrogen-bond donors (Lipinski definition) is 0. The van der Waals surface area contributed by atoms with E-state index in [0.717, 1.165) is 12.3 Å². The van der Waals surface area contributed by atoms with Crippen molar-refractivity contribution < 1.29 is 4.74 Å². The molecule has 1 nitrogen and oxygen atoms in total. The van der Waals surface area contributed by atoms with Gasteiger partial charge in [0.05, 0.1) is 12.2 Å². The Labute approximate surface area is 70.1 Å². The summed E-state index contributed by atoms with van der Waals surface area (Å²) in [5.74, 6) is 0.777. The van der Waals surface area contributed by atoms with Gasteiger partial charge in [-0.25, -0.2) is 0 Å². The molecule has 1 aliphatic carbocycles. The highest BCUT2D eigenvalue weighted by Crippen LogP contribution is 2.29. The minimum atomic E-state index is 0.361. The molecule has 1 heteroatoms. The van der Waals surface area contributed by atoms with Gasteiger partial charge in [0, 0.05) is 0 Å². The fraction of sp³-hybridized carbons (Fsp3) is 0.800. The third kappa shape index (κ3) is 2.82. The van der Waals surface area contributed by atoms with Gasteiger partial charge in [0.15, 0.2) is 0 Å². The Morgan fingerprint density at radius 2 is 2.36 bits per heavy atom. The summed E-state index contributed by atoms with van der Waals surface area (Å²) in [6.07, 6.45) is 6.48. The van der Waals surface area contributed by atoms with Gasteiger partial charge in [-0.05, 0) is 39.0 Å². The molecule has 2 unspecified atom stereocenters. The molecule has 0 spiro atoms. The van der Waals surface area contributed by atoms with Gasteiger partial charge < -0.3 is 4.74 Å². The monoisotopic (exact) mass is 154 g/mol. The van der Waals surface area contributed by atoms with Gasteiger partial charge in [0.2, 0.25) is 0 Å². The van der Waals surface area contributed by atoms with Gasteiger partial charge in [-0.2, -0.15) is 0 Å². The summed E-state index contributed by atoms with van der Waals surface area (Å²) in [7, 11) is 0. The van der Waals surface area contributed by atoms with E-state index in [0.29, 0.717) is 12.2 Å². The predicted molar refractivity (Wildman–Crippen MR) is 47.0 cm³/mol. The van der Waals surface area contributed by atoms with E-state index in [1.54, 1.807) is 0 Å². The van der Waals surface area contributed by atoms with Gasteiger partial charge in [0.1, 0.15) is 0 Å². The van der Waals surface area contributed by atoms with Crippen LogP contribution in [0.5, 0.6) is 0 Å². The van der Waals surface area contributed by atoms with Crippen LogP contribution < -0.4 is 0 Å². The first-order valence-corrected chi connectivity index (χ1v) is 4.50. The molecule has 1 saturated carbocycles. The van der Waals surface area contributed by atoms with Gasteiger partial charge >= 0.3 is 0 Å². The second-order valence-corrected chi connectivity index (χ2v) is 3.59. The molecule has 0 aromatic heterocycles. The van der Waals surface area contributed by atoms with Crippen LogP contribution in [0.4, 0.5) is 0 Å². The van der Waals surface area contributed by atoms with Gasteiger partial charge in [-0.1, -0.05) is 13.3 Å². The average molecular weight is 154 g/mol. The molecule has 1 fully saturated rings. The molecule has 1 rings (SSSR count). The van der Waals surface area contributed by atoms with Crippen molar-refractivity contribution in [1.29, 1.82) is 0 Å². The summed E-state index contributed by atoms with van der Waals surface area (Å²) in [5.41, 5.74) is 0. The summed E-state index contributed by atoms with van der Waals surface area (Å²) >= 11 is 0. The molecule has 0 aromatic rings. The number of ether oxygens (including phenoxy) is 1. The molecular formula is C10H18O. The Bertz CT molecular complexity index is 109. The van der Waals surface area contributed by atoms with E-state index in [1.807, 2.05) is 0 Å². The Kier molecular flexibility index (Phi) is 3.38. The lowest BCUT2D eigenvalue weighted by Crippen LogP contribution is -2.14. The Balaban J connectivity index is 2.19. The lowest BCUT2D eigenvalue weighted by molar-refractivity contribution is 0.0276. The molecule has 0 aromatic carbocycles. The SMILES string of the molecule is [CH2]CC1C[CH]C(OC(C)C)C1. The third-order valence-electron chi connectivity index (χ3n) is 2.15. The van der Waals surface area contributed by atoms with Crippen molar-refractivity contribution in [3.63, 3.8) is 0 Å². The first kappa shape index (κ1) is 9.05. The maximum Gasteiger partial charge on any atom is 0.0613 e. The molecule has 2 atom stereocenters. The fourth-order valence-corrected chi connectivity index (χ4v) is 1.56. The highest BCUT2D eigenvalue weighted by molar-refractivity contribution is 4.90. The first-order valence-electron chi connectivity index (χ1n) is 4.50. The van der Waals surface area contributed by atoms with E-state index >= 15 is 0 Å². The van der Waals surface area contributed by atoms with E-state index in [-0.39, 0.29) is 0 Å². The van der Waals surface area contributed by atoms with Crippen LogP contribution in [-0.4, -0.2) is 12.2 Å². The zero-order valence-corrected chi connectivity index (χ0v) is 7.55. The smallest absolute Gasteiger partial charge is 0.0613 e.